The van der Waals surface area contributed by atoms with Gasteiger partial charge in [-0.1, -0.05) is 18.5 Å². The molecule has 0 amide bonds. The van der Waals surface area contributed by atoms with Crippen LogP contribution in [0.3, 0.4) is 0 Å². The van der Waals surface area contributed by atoms with E-state index >= 15 is 0 Å². The Hall–Kier alpha value is -0.680. The summed E-state index contributed by atoms with van der Waals surface area (Å²) in [7, 11) is 0. The average Bonchev–Trinajstić information content (AvgIpc) is 2.69. The van der Waals surface area contributed by atoms with Gasteiger partial charge >= 0.3 is 6.18 Å². The summed E-state index contributed by atoms with van der Waals surface area (Å²) in [6.45, 7) is 2.77. The minimum Gasteiger partial charge on any atom is -0.351 e. The zero-order valence-corrected chi connectivity index (χ0v) is 11.7. The van der Waals surface area contributed by atoms with Gasteiger partial charge in [0.05, 0.1) is 10.6 Å². The molecule has 0 radical (unpaired) electrons. The van der Waals surface area contributed by atoms with E-state index in [9.17, 15) is 13.2 Å². The number of pyridine rings is 1. The molecule has 2 unspecified atom stereocenters. The van der Waals surface area contributed by atoms with E-state index < -0.39 is 11.7 Å². The van der Waals surface area contributed by atoms with Crippen molar-refractivity contribution in [3.05, 3.63) is 22.8 Å². The number of nitrogens with zero attached hydrogens (tertiary/aromatic N) is 2. The molecule has 0 bridgehead atoms. The van der Waals surface area contributed by atoms with E-state index in [0.29, 0.717) is 24.2 Å². The maximum absolute atomic E-state index is 12.5. The molecule has 1 aromatic heterocycles. The van der Waals surface area contributed by atoms with Gasteiger partial charge in [-0.25, -0.2) is 4.98 Å². The molecule has 0 saturated carbocycles. The van der Waals surface area contributed by atoms with Crippen LogP contribution in [-0.2, 0) is 6.18 Å². The number of alkyl halides is 4. The molecular formula is C12H13Cl2F3N2. The quantitative estimate of drug-likeness (QED) is 0.761. The maximum atomic E-state index is 12.5. The maximum Gasteiger partial charge on any atom is 0.417 e. The molecule has 106 valence electrons. The fraction of sp³-hybridized carbons (Fsp3) is 0.583. The average molecular weight is 313 g/mol. The minimum atomic E-state index is -4.43. The van der Waals surface area contributed by atoms with Gasteiger partial charge < -0.3 is 4.90 Å². The van der Waals surface area contributed by atoms with Crippen molar-refractivity contribution in [2.45, 2.75) is 25.6 Å². The fourth-order valence-corrected chi connectivity index (χ4v) is 3.05. The van der Waals surface area contributed by atoms with Gasteiger partial charge in [0.2, 0.25) is 0 Å². The Kier molecular flexibility index (Phi) is 4.16. The lowest BCUT2D eigenvalue weighted by Gasteiger charge is -2.27. The van der Waals surface area contributed by atoms with Crippen molar-refractivity contribution in [1.82, 2.24) is 4.98 Å². The van der Waals surface area contributed by atoms with Crippen LogP contribution < -0.4 is 4.90 Å². The third-order valence-corrected chi connectivity index (χ3v) is 4.06. The van der Waals surface area contributed by atoms with Crippen molar-refractivity contribution >= 4 is 29.0 Å². The van der Waals surface area contributed by atoms with Gasteiger partial charge in [-0.2, -0.15) is 13.2 Å². The first-order valence-electron chi connectivity index (χ1n) is 5.90. The van der Waals surface area contributed by atoms with Gasteiger partial charge in [0.1, 0.15) is 5.82 Å². The lowest BCUT2D eigenvalue weighted by molar-refractivity contribution is -0.137. The standard InChI is InChI=1S/C12H13Cl2F3N2/c1-7-2-3-19(10(7)5-13)11-9(14)4-8(6-18-11)12(15,16)17/h4,6-7,10H,2-3,5H2,1H3. The molecule has 1 aliphatic rings. The normalized spacial score (nSPS) is 24.0. The molecule has 19 heavy (non-hydrogen) atoms. The molecule has 7 heteroatoms. The topological polar surface area (TPSA) is 16.1 Å². The Balaban J connectivity index is 2.32. The first kappa shape index (κ1) is 14.7. The summed E-state index contributed by atoms with van der Waals surface area (Å²) in [6, 6.07) is 0.974. The van der Waals surface area contributed by atoms with E-state index in [4.69, 9.17) is 23.2 Å². The Morgan fingerprint density at radius 3 is 2.68 bits per heavy atom. The first-order valence-corrected chi connectivity index (χ1v) is 6.81. The lowest BCUT2D eigenvalue weighted by atomic mass is 10.1. The molecule has 0 spiro atoms. The highest BCUT2D eigenvalue weighted by Gasteiger charge is 2.35. The Morgan fingerprint density at radius 2 is 2.16 bits per heavy atom. The van der Waals surface area contributed by atoms with E-state index in [0.717, 1.165) is 18.7 Å². The number of anilines is 1. The lowest BCUT2D eigenvalue weighted by Crippen LogP contribution is -2.34. The molecule has 1 aromatic rings. The molecule has 1 aliphatic heterocycles. The number of rotatable bonds is 2. The van der Waals surface area contributed by atoms with Crippen LogP contribution in [0, 0.1) is 5.92 Å². The van der Waals surface area contributed by atoms with E-state index in [1.807, 2.05) is 4.90 Å². The van der Waals surface area contributed by atoms with Crippen molar-refractivity contribution in [1.29, 1.82) is 0 Å². The summed E-state index contributed by atoms with van der Waals surface area (Å²) in [5.74, 6) is 1.16. The summed E-state index contributed by atoms with van der Waals surface area (Å²) >= 11 is 11.8. The third kappa shape index (κ3) is 2.92. The van der Waals surface area contributed by atoms with Crippen LogP contribution in [0.25, 0.3) is 0 Å². The monoisotopic (exact) mass is 312 g/mol. The van der Waals surface area contributed by atoms with Gasteiger partial charge in [-0.3, -0.25) is 0 Å². The van der Waals surface area contributed by atoms with Crippen molar-refractivity contribution in [2.24, 2.45) is 5.92 Å². The van der Waals surface area contributed by atoms with E-state index in [2.05, 4.69) is 11.9 Å². The van der Waals surface area contributed by atoms with Gasteiger partial charge in [0.15, 0.2) is 0 Å². The zero-order chi connectivity index (χ0) is 14.2. The van der Waals surface area contributed by atoms with Crippen LogP contribution in [0.15, 0.2) is 12.3 Å². The number of halogens is 5. The summed E-state index contributed by atoms with van der Waals surface area (Å²) in [6.07, 6.45) is -2.69. The molecule has 2 heterocycles. The van der Waals surface area contributed by atoms with E-state index in [-0.39, 0.29) is 11.1 Å². The van der Waals surface area contributed by atoms with Gasteiger partial charge in [-0.15, -0.1) is 11.6 Å². The molecule has 2 atom stereocenters. The number of hydrogen-bond donors (Lipinski definition) is 0. The number of hydrogen-bond acceptors (Lipinski definition) is 2. The second kappa shape index (κ2) is 5.37. The van der Waals surface area contributed by atoms with Gasteiger partial charge in [0.25, 0.3) is 0 Å². The molecule has 2 rings (SSSR count). The predicted molar refractivity (Wildman–Crippen MR) is 69.9 cm³/mol. The predicted octanol–water partition coefficient (Wildman–Crippen LogP) is 4.21. The van der Waals surface area contributed by atoms with Crippen LogP contribution in [0.1, 0.15) is 18.9 Å². The minimum absolute atomic E-state index is 0.0130. The van der Waals surface area contributed by atoms with Crippen LogP contribution in [0.5, 0.6) is 0 Å². The molecule has 0 N–H and O–H groups in total. The highest BCUT2D eigenvalue weighted by atomic mass is 35.5. The van der Waals surface area contributed by atoms with Gasteiger partial charge in [0, 0.05) is 24.7 Å². The number of aromatic nitrogens is 1. The molecule has 1 fully saturated rings. The molecule has 0 aliphatic carbocycles. The molecular weight excluding hydrogens is 300 g/mol. The van der Waals surface area contributed by atoms with Crippen LogP contribution in [0.4, 0.5) is 19.0 Å². The fourth-order valence-electron chi connectivity index (χ4n) is 2.30. The largest absolute Gasteiger partial charge is 0.417 e. The highest BCUT2D eigenvalue weighted by Crippen LogP contribution is 2.37. The SMILES string of the molecule is CC1CCN(c2ncc(C(F)(F)F)cc2Cl)C1CCl. The second-order valence-electron chi connectivity index (χ2n) is 4.71. The molecule has 1 saturated heterocycles. The van der Waals surface area contributed by atoms with E-state index in [1.165, 1.54) is 0 Å². The first-order chi connectivity index (χ1) is 8.84. The molecule has 2 nitrogen and oxygen atoms in total. The summed E-state index contributed by atoms with van der Waals surface area (Å²) < 4.78 is 37.6. The molecule has 0 aromatic carbocycles. The highest BCUT2D eigenvalue weighted by molar-refractivity contribution is 6.33. The Bertz CT molecular complexity index is 465. The zero-order valence-electron chi connectivity index (χ0n) is 10.2. The van der Waals surface area contributed by atoms with Crippen LogP contribution in [0.2, 0.25) is 5.02 Å². The smallest absolute Gasteiger partial charge is 0.351 e. The summed E-state index contributed by atoms with van der Waals surface area (Å²) in [5.41, 5.74) is -0.837. The van der Waals surface area contributed by atoms with Crippen molar-refractivity contribution in [3.8, 4) is 0 Å². The van der Waals surface area contributed by atoms with Gasteiger partial charge in [-0.05, 0) is 18.4 Å². The van der Waals surface area contributed by atoms with Crippen molar-refractivity contribution < 1.29 is 13.2 Å². The van der Waals surface area contributed by atoms with Crippen molar-refractivity contribution in [2.75, 3.05) is 17.3 Å². The van der Waals surface area contributed by atoms with Crippen LogP contribution in [-0.4, -0.2) is 23.5 Å². The van der Waals surface area contributed by atoms with Crippen LogP contribution >= 0.6 is 23.2 Å². The summed E-state index contributed by atoms with van der Waals surface area (Å²) in [5, 5.41) is 0.0130. The second-order valence-corrected chi connectivity index (χ2v) is 5.42. The Labute approximate surface area is 119 Å². The van der Waals surface area contributed by atoms with Crippen molar-refractivity contribution in [3.63, 3.8) is 0 Å². The summed E-state index contributed by atoms with van der Waals surface area (Å²) in [4.78, 5) is 5.76. The van der Waals surface area contributed by atoms with E-state index in [1.54, 1.807) is 0 Å². The Morgan fingerprint density at radius 1 is 1.47 bits per heavy atom. The third-order valence-electron chi connectivity index (χ3n) is 3.46.